The van der Waals surface area contributed by atoms with Crippen molar-refractivity contribution in [2.24, 2.45) is 0 Å². The molecule has 0 saturated carbocycles. The zero-order valence-corrected chi connectivity index (χ0v) is 14.7. The van der Waals surface area contributed by atoms with Crippen LogP contribution < -0.4 is 14.2 Å². The van der Waals surface area contributed by atoms with Gasteiger partial charge in [-0.25, -0.2) is 4.79 Å². The molecular weight excluding hydrogens is 320 g/mol. The van der Waals surface area contributed by atoms with Crippen molar-refractivity contribution >= 4 is 11.5 Å². The molecule has 2 rings (SSSR count). The van der Waals surface area contributed by atoms with Gasteiger partial charge in [0, 0.05) is 12.1 Å². The minimum absolute atomic E-state index is 0.171. The third-order valence-electron chi connectivity index (χ3n) is 3.56. The SMILES string of the molecule is C=C(C(=O)OCC)c1c(OC)cc(OC)cc1OCc1ccccc1. The summed E-state index contributed by atoms with van der Waals surface area (Å²) in [5.41, 5.74) is 1.62. The van der Waals surface area contributed by atoms with Crippen LogP contribution in [0.3, 0.4) is 0 Å². The summed E-state index contributed by atoms with van der Waals surface area (Å²) in [6.45, 7) is 6.18. The third kappa shape index (κ3) is 4.53. The normalized spacial score (nSPS) is 10.0. The maximum atomic E-state index is 12.1. The van der Waals surface area contributed by atoms with Crippen LogP contribution in [-0.4, -0.2) is 26.8 Å². The molecule has 0 atom stereocenters. The van der Waals surface area contributed by atoms with E-state index >= 15 is 0 Å². The lowest BCUT2D eigenvalue weighted by Crippen LogP contribution is -2.09. The topological polar surface area (TPSA) is 54.0 Å². The quantitative estimate of drug-likeness (QED) is 0.539. The summed E-state index contributed by atoms with van der Waals surface area (Å²) in [6.07, 6.45) is 0. The van der Waals surface area contributed by atoms with Crippen LogP contribution in [0.1, 0.15) is 18.1 Å². The number of hydrogen-bond donors (Lipinski definition) is 0. The molecule has 0 aliphatic rings. The number of rotatable bonds is 8. The molecule has 0 N–H and O–H groups in total. The van der Waals surface area contributed by atoms with Gasteiger partial charge < -0.3 is 18.9 Å². The van der Waals surface area contributed by atoms with Gasteiger partial charge in [-0.1, -0.05) is 36.9 Å². The highest BCUT2D eigenvalue weighted by atomic mass is 16.5. The van der Waals surface area contributed by atoms with Crippen molar-refractivity contribution in [3.63, 3.8) is 0 Å². The Bertz CT molecular complexity index is 737. The van der Waals surface area contributed by atoms with E-state index in [0.717, 1.165) is 5.56 Å². The Morgan fingerprint density at radius 3 is 2.32 bits per heavy atom. The van der Waals surface area contributed by atoms with Crippen molar-refractivity contribution in [2.45, 2.75) is 13.5 Å². The highest BCUT2D eigenvalue weighted by Crippen LogP contribution is 2.39. The molecule has 5 nitrogen and oxygen atoms in total. The smallest absolute Gasteiger partial charge is 0.338 e. The summed E-state index contributed by atoms with van der Waals surface area (Å²) in [5, 5.41) is 0. The van der Waals surface area contributed by atoms with Gasteiger partial charge in [-0.2, -0.15) is 0 Å². The van der Waals surface area contributed by atoms with Gasteiger partial charge in [0.05, 0.1) is 32.0 Å². The van der Waals surface area contributed by atoms with Crippen LogP contribution in [0.4, 0.5) is 0 Å². The summed E-state index contributed by atoms with van der Waals surface area (Å²) in [5.74, 6) is 0.911. The summed E-state index contributed by atoms with van der Waals surface area (Å²) in [4.78, 5) is 12.1. The summed E-state index contributed by atoms with van der Waals surface area (Å²) < 4.78 is 21.7. The molecule has 0 spiro atoms. The van der Waals surface area contributed by atoms with E-state index < -0.39 is 5.97 Å². The first kappa shape index (κ1) is 18.4. The Labute approximate surface area is 147 Å². The summed E-state index contributed by atoms with van der Waals surface area (Å²) in [7, 11) is 3.06. The average molecular weight is 342 g/mol. The Morgan fingerprint density at radius 1 is 1.04 bits per heavy atom. The van der Waals surface area contributed by atoms with Gasteiger partial charge in [-0.3, -0.25) is 0 Å². The first-order valence-electron chi connectivity index (χ1n) is 7.89. The van der Waals surface area contributed by atoms with E-state index in [1.807, 2.05) is 30.3 Å². The van der Waals surface area contributed by atoms with E-state index in [2.05, 4.69) is 6.58 Å². The van der Waals surface area contributed by atoms with E-state index in [4.69, 9.17) is 18.9 Å². The molecule has 0 bridgehead atoms. The van der Waals surface area contributed by atoms with E-state index in [9.17, 15) is 4.79 Å². The lowest BCUT2D eigenvalue weighted by atomic mass is 10.0. The molecule has 0 aliphatic carbocycles. The summed E-state index contributed by atoms with van der Waals surface area (Å²) in [6, 6.07) is 13.1. The van der Waals surface area contributed by atoms with Gasteiger partial charge in [0.1, 0.15) is 23.9 Å². The molecule has 2 aromatic carbocycles. The summed E-state index contributed by atoms with van der Waals surface area (Å²) >= 11 is 0. The Balaban J connectivity index is 2.40. The Kier molecular flexibility index (Phi) is 6.46. The van der Waals surface area contributed by atoms with Crippen LogP contribution in [0, 0.1) is 0 Å². The highest BCUT2D eigenvalue weighted by molar-refractivity contribution is 6.17. The van der Waals surface area contributed by atoms with Gasteiger partial charge in [0.25, 0.3) is 0 Å². The fourth-order valence-electron chi connectivity index (χ4n) is 2.31. The molecule has 25 heavy (non-hydrogen) atoms. The minimum atomic E-state index is -0.518. The fraction of sp³-hybridized carbons (Fsp3) is 0.250. The van der Waals surface area contributed by atoms with Crippen LogP contribution in [0.15, 0.2) is 49.0 Å². The van der Waals surface area contributed by atoms with Crippen molar-refractivity contribution in [3.05, 3.63) is 60.2 Å². The number of hydrogen-bond acceptors (Lipinski definition) is 5. The zero-order valence-electron chi connectivity index (χ0n) is 14.7. The van der Waals surface area contributed by atoms with Crippen molar-refractivity contribution in [2.75, 3.05) is 20.8 Å². The van der Waals surface area contributed by atoms with Crippen LogP contribution >= 0.6 is 0 Å². The number of methoxy groups -OCH3 is 2. The minimum Gasteiger partial charge on any atom is -0.496 e. The van der Waals surface area contributed by atoms with Crippen molar-refractivity contribution in [1.82, 2.24) is 0 Å². The van der Waals surface area contributed by atoms with Gasteiger partial charge in [0.2, 0.25) is 0 Å². The second kappa shape index (κ2) is 8.78. The molecule has 5 heteroatoms. The fourth-order valence-corrected chi connectivity index (χ4v) is 2.31. The maximum absolute atomic E-state index is 12.1. The highest BCUT2D eigenvalue weighted by Gasteiger charge is 2.22. The molecular formula is C20H22O5. The maximum Gasteiger partial charge on any atom is 0.338 e. The standard InChI is InChI=1S/C20H22O5/c1-5-24-20(21)14(2)19-17(23-4)11-16(22-3)12-18(19)25-13-15-9-7-6-8-10-15/h6-12H,2,5,13H2,1,3-4H3. The molecule has 2 aromatic rings. The van der Waals surface area contributed by atoms with Crippen LogP contribution in [0.2, 0.25) is 0 Å². The van der Waals surface area contributed by atoms with Crippen LogP contribution in [0.5, 0.6) is 17.2 Å². The number of ether oxygens (including phenoxy) is 4. The predicted octanol–water partition coefficient (Wildman–Crippen LogP) is 3.86. The Morgan fingerprint density at radius 2 is 1.72 bits per heavy atom. The van der Waals surface area contributed by atoms with Gasteiger partial charge in [0.15, 0.2) is 0 Å². The molecule has 0 heterocycles. The number of carbonyl (C=O) groups is 1. The van der Waals surface area contributed by atoms with Crippen molar-refractivity contribution in [1.29, 1.82) is 0 Å². The van der Waals surface area contributed by atoms with Crippen LogP contribution in [-0.2, 0) is 16.1 Å². The molecule has 0 aromatic heterocycles. The number of carbonyl (C=O) groups excluding carboxylic acids is 1. The zero-order chi connectivity index (χ0) is 18.2. The first-order chi connectivity index (χ1) is 12.1. The largest absolute Gasteiger partial charge is 0.496 e. The third-order valence-corrected chi connectivity index (χ3v) is 3.56. The molecule has 0 amide bonds. The van der Waals surface area contributed by atoms with E-state index in [1.54, 1.807) is 26.2 Å². The van der Waals surface area contributed by atoms with Gasteiger partial charge in [-0.05, 0) is 12.5 Å². The van der Waals surface area contributed by atoms with E-state index in [0.29, 0.717) is 29.4 Å². The molecule has 0 unspecified atom stereocenters. The first-order valence-corrected chi connectivity index (χ1v) is 7.89. The monoisotopic (exact) mass is 342 g/mol. The molecule has 0 saturated heterocycles. The lowest BCUT2D eigenvalue weighted by molar-refractivity contribution is -0.136. The molecule has 132 valence electrons. The van der Waals surface area contributed by atoms with E-state index in [-0.39, 0.29) is 12.2 Å². The molecule has 0 fully saturated rings. The number of esters is 1. The number of benzene rings is 2. The second-order valence-electron chi connectivity index (χ2n) is 5.18. The van der Waals surface area contributed by atoms with Gasteiger partial charge >= 0.3 is 5.97 Å². The van der Waals surface area contributed by atoms with Crippen LogP contribution in [0.25, 0.3) is 5.57 Å². The molecule has 0 aliphatic heterocycles. The van der Waals surface area contributed by atoms with Gasteiger partial charge in [-0.15, -0.1) is 0 Å². The lowest BCUT2D eigenvalue weighted by Gasteiger charge is -2.17. The second-order valence-corrected chi connectivity index (χ2v) is 5.18. The Hall–Kier alpha value is -2.95. The predicted molar refractivity (Wildman–Crippen MR) is 96.0 cm³/mol. The van der Waals surface area contributed by atoms with Crippen molar-refractivity contribution in [3.8, 4) is 17.2 Å². The molecule has 0 radical (unpaired) electrons. The van der Waals surface area contributed by atoms with Crippen molar-refractivity contribution < 1.29 is 23.7 Å². The van der Waals surface area contributed by atoms with E-state index in [1.165, 1.54) is 7.11 Å². The average Bonchev–Trinajstić information content (AvgIpc) is 2.65.